The van der Waals surface area contributed by atoms with Crippen LogP contribution in [0.4, 0.5) is 0 Å². The van der Waals surface area contributed by atoms with Crippen LogP contribution >= 0.6 is 46.3 Å². The summed E-state index contributed by atoms with van der Waals surface area (Å²) < 4.78 is 24.2. The molecule has 2 unspecified atom stereocenters. The van der Waals surface area contributed by atoms with Gasteiger partial charge in [0.1, 0.15) is 46.1 Å². The molecule has 1 aliphatic heterocycles. The van der Waals surface area contributed by atoms with E-state index in [0.717, 1.165) is 11.8 Å². The zero-order valence-corrected chi connectivity index (χ0v) is 24.2. The minimum Gasteiger partial charge on any atom is -0.463 e. The van der Waals surface area contributed by atoms with Gasteiger partial charge in [0.2, 0.25) is 0 Å². The minimum atomic E-state index is -1.13. The van der Waals surface area contributed by atoms with Crippen LogP contribution < -0.4 is 0 Å². The van der Waals surface area contributed by atoms with Crippen LogP contribution in [0.2, 0.25) is 10.2 Å². The Morgan fingerprint density at radius 1 is 1.18 bits per heavy atom. The minimum absolute atomic E-state index is 0.0325. The number of thioether (sulfide) groups is 1. The van der Waals surface area contributed by atoms with Crippen molar-refractivity contribution in [2.75, 3.05) is 6.61 Å². The molecule has 5 atom stereocenters. The predicted molar refractivity (Wildman–Crippen MR) is 141 cm³/mol. The third kappa shape index (κ3) is 7.07. The molecule has 0 spiro atoms. The first-order chi connectivity index (χ1) is 19.0. The Hall–Kier alpha value is -3.29. The molecule has 210 valence electrons. The quantitative estimate of drug-likeness (QED) is 0.263. The number of hydrogen-bond donors (Lipinski definition) is 0. The summed E-state index contributed by atoms with van der Waals surface area (Å²) in [6.45, 7) is 3.36. The number of carbonyl (C=O) groups is 3. The van der Waals surface area contributed by atoms with E-state index in [0.29, 0.717) is 15.6 Å². The van der Waals surface area contributed by atoms with Gasteiger partial charge in [0.05, 0.1) is 11.2 Å². The van der Waals surface area contributed by atoms with Crippen molar-refractivity contribution < 1.29 is 33.3 Å². The fourth-order valence-corrected chi connectivity index (χ4v) is 6.16. The summed E-state index contributed by atoms with van der Waals surface area (Å²) in [6, 6.07) is 2.41. The van der Waals surface area contributed by atoms with E-state index in [2.05, 4.69) is 20.3 Å². The van der Waals surface area contributed by atoms with Gasteiger partial charge < -0.3 is 18.9 Å². The van der Waals surface area contributed by atoms with Crippen molar-refractivity contribution in [3.63, 3.8) is 0 Å². The van der Waals surface area contributed by atoms with Crippen LogP contribution in [0.3, 0.4) is 0 Å². The first-order valence-electron chi connectivity index (χ1n) is 11.4. The van der Waals surface area contributed by atoms with Crippen molar-refractivity contribution in [3.05, 3.63) is 39.7 Å². The smallest absolute Gasteiger partial charge is 0.303 e. The van der Waals surface area contributed by atoms with Crippen LogP contribution in [0, 0.1) is 11.3 Å². The van der Waals surface area contributed by atoms with Crippen LogP contribution in [0.5, 0.6) is 0 Å². The van der Waals surface area contributed by atoms with E-state index >= 15 is 0 Å². The molecule has 1 saturated heterocycles. The van der Waals surface area contributed by atoms with Gasteiger partial charge in [-0.25, -0.2) is 14.6 Å². The van der Waals surface area contributed by atoms with E-state index in [1.165, 1.54) is 49.1 Å². The van der Waals surface area contributed by atoms with E-state index in [4.69, 9.17) is 47.4 Å². The lowest BCUT2D eigenvalue weighted by atomic mass is 9.96. The van der Waals surface area contributed by atoms with E-state index in [9.17, 15) is 14.4 Å². The molecule has 3 aromatic heterocycles. The fourth-order valence-electron chi connectivity index (χ4n) is 3.87. The molecule has 13 nitrogen and oxygen atoms in total. The van der Waals surface area contributed by atoms with Crippen molar-refractivity contribution >= 4 is 64.2 Å². The van der Waals surface area contributed by atoms with Crippen LogP contribution in [0.1, 0.15) is 32.5 Å². The van der Waals surface area contributed by atoms with Crippen molar-refractivity contribution in [3.8, 4) is 16.8 Å². The third-order valence-corrected chi connectivity index (χ3v) is 7.94. The molecule has 4 heterocycles. The van der Waals surface area contributed by atoms with E-state index in [1.54, 1.807) is 11.6 Å². The monoisotopic (exact) mass is 626 g/mol. The Bertz CT molecular complexity index is 1460. The highest BCUT2D eigenvalue weighted by molar-refractivity contribution is 7.99. The topological polar surface area (TPSA) is 168 Å². The van der Waals surface area contributed by atoms with Crippen LogP contribution in [-0.4, -0.2) is 73.2 Å². The second-order valence-electron chi connectivity index (χ2n) is 8.27. The highest BCUT2D eigenvalue weighted by atomic mass is 35.5. The zero-order valence-electron chi connectivity index (χ0n) is 21.0. The average molecular weight is 627 g/mol. The lowest BCUT2D eigenvalue weighted by molar-refractivity contribution is -0.212. The number of nitriles is 1. The molecular weight excluding hydrogens is 607 g/mol. The van der Waals surface area contributed by atoms with Gasteiger partial charge in [0, 0.05) is 37.2 Å². The summed E-state index contributed by atoms with van der Waals surface area (Å²) in [5.41, 5.74) is -0.561. The summed E-state index contributed by atoms with van der Waals surface area (Å²) in [5.74, 6) is -1.89. The normalized spacial score (nSPS) is 22.2. The van der Waals surface area contributed by atoms with Crippen molar-refractivity contribution in [2.24, 2.45) is 0 Å². The Kier molecular flexibility index (Phi) is 9.59. The van der Waals surface area contributed by atoms with E-state index in [1.807, 2.05) is 6.07 Å². The van der Waals surface area contributed by atoms with Crippen molar-refractivity contribution in [1.82, 2.24) is 25.0 Å². The lowest BCUT2D eigenvalue weighted by Gasteiger charge is -2.44. The number of nitrogens with zero attached hydrogens (tertiary/aromatic N) is 6. The number of carbonyl (C=O) groups excluding carboxylic acids is 3. The molecule has 17 heteroatoms. The summed E-state index contributed by atoms with van der Waals surface area (Å²) in [5, 5.41) is 20.1. The number of ether oxygens (including phenoxy) is 4. The summed E-state index contributed by atoms with van der Waals surface area (Å²) >= 11 is 14.5. The van der Waals surface area contributed by atoms with Crippen molar-refractivity contribution in [1.29, 1.82) is 5.26 Å². The zero-order chi connectivity index (χ0) is 29.0. The molecule has 40 heavy (non-hydrogen) atoms. The number of rotatable bonds is 8. The van der Waals surface area contributed by atoms with Gasteiger partial charge in [-0.2, -0.15) is 5.26 Å². The second kappa shape index (κ2) is 12.9. The number of aromatic nitrogens is 5. The summed E-state index contributed by atoms with van der Waals surface area (Å²) in [7, 11) is 0. The molecule has 3 aromatic rings. The maximum absolute atomic E-state index is 12.3. The summed E-state index contributed by atoms with van der Waals surface area (Å²) in [6.07, 6.45) is -0.287. The number of hydrogen-bond acceptors (Lipinski definition) is 14. The first-order valence-corrected chi connectivity index (χ1v) is 14.0. The molecule has 1 fully saturated rings. The number of esters is 3. The second-order valence-corrected chi connectivity index (χ2v) is 11.1. The van der Waals surface area contributed by atoms with Gasteiger partial charge in [-0.1, -0.05) is 40.2 Å². The standard InChI is InChI=1S/C23H20Cl2N6O7S2/c1-10(32)35-8-17-20(36-11(2)33)19(31-7-16(29-30-31)22-28-18(25)9-39-22)21(37-12(3)34)23(38-17)40-13-4-14(24)15(5-26)27-6-13/h4,6-7,9,17,19-21,23H,8H2,1-3H3/t17?,19?,20-,21-,23+/m0/s1. The van der Waals surface area contributed by atoms with Gasteiger partial charge in [0.25, 0.3) is 0 Å². The molecule has 1 aliphatic rings. The Morgan fingerprint density at radius 3 is 2.50 bits per heavy atom. The van der Waals surface area contributed by atoms with E-state index < -0.39 is 47.7 Å². The number of pyridine rings is 1. The fraction of sp³-hybridized carbons (Fsp3) is 0.391. The average Bonchev–Trinajstić information content (AvgIpc) is 3.53. The molecule has 0 amide bonds. The molecule has 0 N–H and O–H groups in total. The van der Waals surface area contributed by atoms with E-state index in [-0.39, 0.29) is 22.5 Å². The number of thiazole rings is 1. The van der Waals surface area contributed by atoms with Gasteiger partial charge >= 0.3 is 17.9 Å². The molecule has 4 rings (SSSR count). The van der Waals surface area contributed by atoms with Crippen LogP contribution in [-0.2, 0) is 33.3 Å². The SMILES string of the molecule is CC(=O)OCC1O[C@H](Sc2cnc(C#N)c(Cl)c2)[C@@H](OC(C)=O)C(n2cc(-c3nc(Cl)cs3)nn2)[C@H]1OC(C)=O. The maximum atomic E-state index is 12.3. The lowest BCUT2D eigenvalue weighted by Crippen LogP contribution is -2.57. The van der Waals surface area contributed by atoms with Gasteiger partial charge in [-0.15, -0.1) is 16.4 Å². The Morgan fingerprint density at radius 2 is 1.90 bits per heavy atom. The molecule has 0 bridgehead atoms. The maximum Gasteiger partial charge on any atom is 0.303 e. The molecule has 0 radical (unpaired) electrons. The summed E-state index contributed by atoms with van der Waals surface area (Å²) in [4.78, 5) is 44.8. The molecule has 0 aromatic carbocycles. The molecular formula is C23H20Cl2N6O7S2. The first kappa shape index (κ1) is 29.7. The largest absolute Gasteiger partial charge is 0.463 e. The van der Waals surface area contributed by atoms with Gasteiger partial charge in [-0.05, 0) is 6.07 Å². The highest BCUT2D eigenvalue weighted by Crippen LogP contribution is 2.42. The number of halogens is 2. The predicted octanol–water partition coefficient (Wildman–Crippen LogP) is 3.46. The third-order valence-electron chi connectivity index (χ3n) is 5.36. The van der Waals surface area contributed by atoms with Gasteiger partial charge in [-0.3, -0.25) is 14.4 Å². The highest BCUT2D eigenvalue weighted by Gasteiger charge is 2.52. The van der Waals surface area contributed by atoms with Crippen molar-refractivity contribution in [2.45, 2.75) is 55.5 Å². The Labute approximate surface area is 245 Å². The molecule has 0 saturated carbocycles. The molecule has 0 aliphatic carbocycles. The Balaban J connectivity index is 1.79. The van der Waals surface area contributed by atoms with Crippen LogP contribution in [0.15, 0.2) is 28.7 Å². The van der Waals surface area contributed by atoms with Gasteiger partial charge in [0.15, 0.2) is 17.9 Å². The van der Waals surface area contributed by atoms with Crippen LogP contribution in [0.25, 0.3) is 10.7 Å².